The van der Waals surface area contributed by atoms with E-state index in [2.05, 4.69) is 30.5 Å². The van der Waals surface area contributed by atoms with Crippen LogP contribution < -0.4 is 0 Å². The number of carbonyl (C=O) groups is 2. The summed E-state index contributed by atoms with van der Waals surface area (Å²) in [6.45, 7) is 2.35. The van der Waals surface area contributed by atoms with Crippen LogP contribution in [-0.4, -0.2) is 65.7 Å². The minimum absolute atomic E-state index is 0.185. The monoisotopic (exact) mass is 720 g/mol. The average Bonchev–Trinajstić information content (AvgIpc) is 3.09. The molecule has 0 saturated carbocycles. The third-order valence-corrected chi connectivity index (χ3v) is 9.37. The molecule has 3 atom stereocenters. The van der Waals surface area contributed by atoms with Crippen molar-refractivity contribution in [2.75, 3.05) is 26.4 Å². The van der Waals surface area contributed by atoms with E-state index >= 15 is 0 Å². The van der Waals surface area contributed by atoms with Crippen molar-refractivity contribution in [2.24, 2.45) is 0 Å². The second kappa shape index (κ2) is 35.1. The van der Waals surface area contributed by atoms with Gasteiger partial charge in [-0.2, -0.15) is 0 Å². The van der Waals surface area contributed by atoms with E-state index in [-0.39, 0.29) is 19.4 Å². The molecule has 0 aromatic carbocycles. The van der Waals surface area contributed by atoms with Crippen molar-refractivity contribution in [3.05, 3.63) is 12.2 Å². The molecule has 10 nitrogen and oxygen atoms in total. The Balaban J connectivity index is 4.35. The number of allylic oxidation sites excluding steroid dienone is 2. The zero-order valence-electron chi connectivity index (χ0n) is 31.2. The normalized spacial score (nSPS) is 14.1. The van der Waals surface area contributed by atoms with Crippen LogP contribution in [0, 0.1) is 0 Å². The van der Waals surface area contributed by atoms with Crippen molar-refractivity contribution in [2.45, 2.75) is 193 Å². The largest absolute Gasteiger partial charge is 0.472 e. The van der Waals surface area contributed by atoms with Gasteiger partial charge < -0.3 is 24.6 Å². The maximum Gasteiger partial charge on any atom is 0.472 e. The van der Waals surface area contributed by atoms with Gasteiger partial charge in [0.05, 0.1) is 19.8 Å². The number of phosphoric ester groups is 1. The number of hydrogen-bond acceptors (Lipinski definition) is 9. The molecule has 290 valence electrons. The van der Waals surface area contributed by atoms with Crippen molar-refractivity contribution in [3.63, 3.8) is 0 Å². The fourth-order valence-electron chi connectivity index (χ4n) is 5.34. The van der Waals surface area contributed by atoms with E-state index in [0.717, 1.165) is 38.5 Å². The van der Waals surface area contributed by atoms with Crippen LogP contribution in [-0.2, 0) is 32.7 Å². The van der Waals surface area contributed by atoms with Gasteiger partial charge in [0.25, 0.3) is 0 Å². The van der Waals surface area contributed by atoms with Gasteiger partial charge in [-0.05, 0) is 38.5 Å². The van der Waals surface area contributed by atoms with Gasteiger partial charge in [-0.3, -0.25) is 18.6 Å². The molecule has 1 unspecified atom stereocenters. The van der Waals surface area contributed by atoms with Gasteiger partial charge in [0.2, 0.25) is 0 Å². The lowest BCUT2D eigenvalue weighted by molar-refractivity contribution is -0.161. The second-order valence-electron chi connectivity index (χ2n) is 13.3. The maximum atomic E-state index is 12.5. The number of aliphatic hydroxyl groups excluding tert-OH is 2. The predicted molar refractivity (Wildman–Crippen MR) is 196 cm³/mol. The Morgan fingerprint density at radius 1 is 0.592 bits per heavy atom. The van der Waals surface area contributed by atoms with Gasteiger partial charge >= 0.3 is 19.8 Å². The Labute approximate surface area is 298 Å². The number of unbranched alkanes of at least 4 members (excludes halogenated alkanes) is 21. The highest BCUT2D eigenvalue weighted by Crippen LogP contribution is 2.43. The minimum Gasteiger partial charge on any atom is -0.462 e. The summed E-state index contributed by atoms with van der Waals surface area (Å²) in [5, 5.41) is 18.3. The minimum atomic E-state index is -4.61. The third-order valence-electron chi connectivity index (χ3n) is 8.42. The van der Waals surface area contributed by atoms with Crippen molar-refractivity contribution in [1.29, 1.82) is 0 Å². The van der Waals surface area contributed by atoms with Gasteiger partial charge in [-0.25, -0.2) is 4.57 Å². The molecule has 0 spiro atoms. The third kappa shape index (κ3) is 34.9. The Hall–Kier alpha value is -1.29. The topological polar surface area (TPSA) is 149 Å². The fraction of sp³-hybridized carbons (Fsp3) is 0.895. The van der Waals surface area contributed by atoms with Crippen LogP contribution >= 0.6 is 7.82 Å². The highest BCUT2D eigenvalue weighted by Gasteiger charge is 2.27. The molecular formula is C38H73O10P. The zero-order chi connectivity index (χ0) is 36.3. The molecule has 0 fully saturated rings. The van der Waals surface area contributed by atoms with E-state index < -0.39 is 51.8 Å². The van der Waals surface area contributed by atoms with Crippen molar-refractivity contribution in [1.82, 2.24) is 0 Å². The fourth-order valence-corrected chi connectivity index (χ4v) is 6.13. The van der Waals surface area contributed by atoms with Crippen LogP contribution in [0.3, 0.4) is 0 Å². The Morgan fingerprint density at radius 3 is 1.51 bits per heavy atom. The predicted octanol–water partition coefficient (Wildman–Crippen LogP) is 9.67. The van der Waals surface area contributed by atoms with Crippen LogP contribution in [0.4, 0.5) is 0 Å². The van der Waals surface area contributed by atoms with E-state index in [1.54, 1.807) is 0 Å². The van der Waals surface area contributed by atoms with Crippen LogP contribution in [0.15, 0.2) is 12.2 Å². The molecule has 0 radical (unpaired) electrons. The number of carbonyl (C=O) groups excluding carboxylic acids is 2. The smallest absolute Gasteiger partial charge is 0.462 e. The van der Waals surface area contributed by atoms with E-state index in [0.29, 0.717) is 12.8 Å². The molecule has 0 bridgehead atoms. The summed E-state index contributed by atoms with van der Waals surface area (Å²) in [7, 11) is -4.61. The van der Waals surface area contributed by atoms with Crippen LogP contribution in [0.5, 0.6) is 0 Å². The number of ether oxygens (including phenoxy) is 2. The van der Waals surface area contributed by atoms with Gasteiger partial charge in [-0.15, -0.1) is 0 Å². The van der Waals surface area contributed by atoms with Crippen LogP contribution in [0.25, 0.3) is 0 Å². The lowest BCUT2D eigenvalue weighted by Gasteiger charge is -2.20. The zero-order valence-corrected chi connectivity index (χ0v) is 32.1. The standard InChI is InChI=1S/C38H73O10P/c1-3-5-7-9-11-13-15-16-17-18-20-21-23-25-27-29-37(41)45-33-36(34-47-49(43,44)46-32-35(40)31-39)48-38(42)30-28-26-24-22-19-14-12-10-8-6-4-2/h20-21,35-36,39-40H,3-19,22-34H2,1-2H3,(H,43,44)/b21-20+/t35-,36+/m0/s1. The summed E-state index contributed by atoms with van der Waals surface area (Å²) >= 11 is 0. The molecule has 0 aromatic rings. The number of hydrogen-bond donors (Lipinski definition) is 3. The lowest BCUT2D eigenvalue weighted by atomic mass is 10.1. The Kier molecular flexibility index (Phi) is 34.2. The molecule has 0 aliphatic heterocycles. The molecule has 0 aliphatic rings. The molecule has 11 heteroatoms. The summed E-state index contributed by atoms with van der Waals surface area (Å²) in [4.78, 5) is 34.8. The summed E-state index contributed by atoms with van der Waals surface area (Å²) in [6.07, 6.45) is 30.4. The summed E-state index contributed by atoms with van der Waals surface area (Å²) < 4.78 is 32.5. The summed E-state index contributed by atoms with van der Waals surface area (Å²) in [6, 6.07) is 0. The quantitative estimate of drug-likeness (QED) is 0.0245. The van der Waals surface area contributed by atoms with Gasteiger partial charge in [-0.1, -0.05) is 142 Å². The maximum absolute atomic E-state index is 12.5. The highest BCUT2D eigenvalue weighted by atomic mass is 31.2. The van der Waals surface area contributed by atoms with Crippen LogP contribution in [0.1, 0.15) is 181 Å². The first-order valence-corrected chi connectivity index (χ1v) is 21.1. The number of esters is 2. The second-order valence-corrected chi connectivity index (χ2v) is 14.8. The van der Waals surface area contributed by atoms with Crippen molar-refractivity contribution < 1.29 is 47.8 Å². The van der Waals surface area contributed by atoms with Gasteiger partial charge in [0, 0.05) is 12.8 Å². The van der Waals surface area contributed by atoms with E-state index in [4.69, 9.17) is 19.1 Å². The molecule has 0 aromatic heterocycles. The van der Waals surface area contributed by atoms with Gasteiger partial charge in [0.15, 0.2) is 6.10 Å². The molecule has 0 aliphatic carbocycles. The first-order chi connectivity index (χ1) is 23.7. The van der Waals surface area contributed by atoms with Crippen molar-refractivity contribution in [3.8, 4) is 0 Å². The molecule has 3 N–H and O–H groups in total. The molecule has 49 heavy (non-hydrogen) atoms. The lowest BCUT2D eigenvalue weighted by Crippen LogP contribution is -2.29. The van der Waals surface area contributed by atoms with Crippen LogP contribution in [0.2, 0.25) is 0 Å². The highest BCUT2D eigenvalue weighted by molar-refractivity contribution is 7.47. The van der Waals surface area contributed by atoms with E-state index in [9.17, 15) is 24.2 Å². The Bertz CT molecular complexity index is 837. The first kappa shape index (κ1) is 47.7. The molecule has 0 rings (SSSR count). The first-order valence-electron chi connectivity index (χ1n) is 19.6. The average molecular weight is 721 g/mol. The molecular weight excluding hydrogens is 647 g/mol. The summed E-state index contributed by atoms with van der Waals surface area (Å²) in [5.41, 5.74) is 0. The number of phosphoric acid groups is 1. The molecule has 0 saturated heterocycles. The number of rotatable bonds is 37. The Morgan fingerprint density at radius 2 is 1.00 bits per heavy atom. The number of aliphatic hydroxyl groups is 2. The van der Waals surface area contributed by atoms with E-state index in [1.807, 2.05) is 0 Å². The summed E-state index contributed by atoms with van der Waals surface area (Å²) in [5.74, 6) is -0.946. The van der Waals surface area contributed by atoms with E-state index in [1.165, 1.54) is 103 Å². The molecule has 0 amide bonds. The molecule has 0 heterocycles. The van der Waals surface area contributed by atoms with Gasteiger partial charge in [0.1, 0.15) is 12.7 Å². The van der Waals surface area contributed by atoms with Crippen molar-refractivity contribution >= 4 is 19.8 Å². The SMILES string of the molecule is CCCCCCCCCCC/C=C/CCCCC(=O)OC[C@H](COP(=O)(O)OC[C@@H](O)CO)OC(=O)CCCCCCCCCCCCC.